The van der Waals surface area contributed by atoms with Gasteiger partial charge < -0.3 is 5.32 Å². The van der Waals surface area contributed by atoms with Gasteiger partial charge >= 0.3 is 0 Å². The minimum atomic E-state index is -3.84. The summed E-state index contributed by atoms with van der Waals surface area (Å²) in [5, 5.41) is 7.64. The number of hydrogen-bond acceptors (Lipinski definition) is 4. The molecule has 7 heteroatoms. The summed E-state index contributed by atoms with van der Waals surface area (Å²) >= 11 is 0. The molecule has 0 saturated heterocycles. The third-order valence-corrected chi connectivity index (χ3v) is 4.63. The molecule has 2 rings (SSSR count). The standard InChI is InChI=1S/C18H20N2O4S/c1-12-6-7-13(2)16(10-12)17(21)8-9-18(22)20-14-4-3-5-15(11-14)25(19,23)24/h3-7,10-11H,8-9H2,1-2H3,(H,20,22)(H2,19,23,24). The fraction of sp³-hybridized carbons (Fsp3) is 0.222. The average molecular weight is 360 g/mol. The van der Waals surface area contributed by atoms with Crippen LogP contribution in [-0.2, 0) is 14.8 Å². The van der Waals surface area contributed by atoms with Crippen molar-refractivity contribution in [3.8, 4) is 0 Å². The molecule has 0 aliphatic heterocycles. The summed E-state index contributed by atoms with van der Waals surface area (Å²) in [5.41, 5.74) is 2.79. The molecule has 0 aliphatic carbocycles. The van der Waals surface area contributed by atoms with Crippen molar-refractivity contribution in [3.05, 3.63) is 59.2 Å². The number of anilines is 1. The Hall–Kier alpha value is -2.51. The molecule has 2 aromatic carbocycles. The van der Waals surface area contributed by atoms with Crippen LogP contribution in [0.5, 0.6) is 0 Å². The Balaban J connectivity index is 1.99. The van der Waals surface area contributed by atoms with Gasteiger partial charge in [-0.05, 0) is 43.7 Å². The number of amides is 1. The highest BCUT2D eigenvalue weighted by Gasteiger charge is 2.13. The van der Waals surface area contributed by atoms with Crippen LogP contribution < -0.4 is 10.5 Å². The lowest BCUT2D eigenvalue weighted by Crippen LogP contribution is -2.15. The van der Waals surface area contributed by atoms with Gasteiger partial charge in [0.15, 0.2) is 5.78 Å². The van der Waals surface area contributed by atoms with Crippen LogP contribution in [0.2, 0.25) is 0 Å². The van der Waals surface area contributed by atoms with Crippen LogP contribution in [0.3, 0.4) is 0 Å². The van der Waals surface area contributed by atoms with Gasteiger partial charge in [0, 0.05) is 24.1 Å². The van der Waals surface area contributed by atoms with E-state index in [2.05, 4.69) is 5.32 Å². The zero-order valence-corrected chi connectivity index (χ0v) is 14.9. The lowest BCUT2D eigenvalue weighted by molar-refractivity contribution is -0.116. The van der Waals surface area contributed by atoms with Crippen molar-refractivity contribution >= 4 is 27.4 Å². The van der Waals surface area contributed by atoms with Gasteiger partial charge in [-0.1, -0.05) is 23.8 Å². The van der Waals surface area contributed by atoms with E-state index in [1.807, 2.05) is 32.0 Å². The van der Waals surface area contributed by atoms with Crippen LogP contribution in [0.4, 0.5) is 5.69 Å². The van der Waals surface area contributed by atoms with Crippen molar-refractivity contribution in [2.75, 3.05) is 5.32 Å². The first kappa shape index (κ1) is 18.8. The third-order valence-electron chi connectivity index (χ3n) is 3.72. The number of sulfonamides is 1. The Labute approximate surface area is 147 Å². The highest BCUT2D eigenvalue weighted by Crippen LogP contribution is 2.16. The normalized spacial score (nSPS) is 11.2. The molecule has 0 spiro atoms. The minimum Gasteiger partial charge on any atom is -0.326 e. The molecule has 0 bridgehead atoms. The first-order valence-electron chi connectivity index (χ1n) is 7.70. The fourth-order valence-electron chi connectivity index (χ4n) is 2.37. The van der Waals surface area contributed by atoms with Crippen molar-refractivity contribution in [1.82, 2.24) is 0 Å². The molecule has 0 aromatic heterocycles. The predicted molar refractivity (Wildman–Crippen MR) is 95.9 cm³/mol. The van der Waals surface area contributed by atoms with Crippen molar-refractivity contribution in [2.45, 2.75) is 31.6 Å². The number of nitrogens with one attached hydrogen (secondary N) is 1. The Bertz CT molecular complexity index is 920. The van der Waals surface area contributed by atoms with Crippen molar-refractivity contribution in [3.63, 3.8) is 0 Å². The first-order valence-corrected chi connectivity index (χ1v) is 9.24. The summed E-state index contributed by atoms with van der Waals surface area (Å²) in [4.78, 5) is 24.2. The number of rotatable bonds is 6. The minimum absolute atomic E-state index is 0.00577. The van der Waals surface area contributed by atoms with Crippen molar-refractivity contribution < 1.29 is 18.0 Å². The molecular formula is C18H20N2O4S. The van der Waals surface area contributed by atoms with Gasteiger partial charge in [-0.15, -0.1) is 0 Å². The first-order chi connectivity index (χ1) is 11.7. The number of Topliss-reactive ketones (excluding diaryl/α,β-unsaturated/α-hetero) is 1. The van der Waals surface area contributed by atoms with E-state index < -0.39 is 10.0 Å². The number of carbonyl (C=O) groups is 2. The highest BCUT2D eigenvalue weighted by molar-refractivity contribution is 7.89. The summed E-state index contributed by atoms with van der Waals surface area (Å²) in [6.07, 6.45) is 0.0802. The van der Waals surface area contributed by atoms with E-state index in [-0.39, 0.29) is 29.4 Å². The number of ketones is 1. The van der Waals surface area contributed by atoms with Gasteiger partial charge in [-0.25, -0.2) is 13.6 Å². The fourth-order valence-corrected chi connectivity index (χ4v) is 2.93. The monoisotopic (exact) mass is 360 g/mol. The maximum absolute atomic E-state index is 12.3. The van der Waals surface area contributed by atoms with Gasteiger partial charge in [0.2, 0.25) is 15.9 Å². The molecule has 3 N–H and O–H groups in total. The Kier molecular flexibility index (Phi) is 5.71. The Morgan fingerprint density at radius 3 is 2.44 bits per heavy atom. The second-order valence-electron chi connectivity index (χ2n) is 5.86. The van der Waals surface area contributed by atoms with Crippen LogP contribution in [0.25, 0.3) is 0 Å². The summed E-state index contributed by atoms with van der Waals surface area (Å²) in [6, 6.07) is 11.3. The molecule has 25 heavy (non-hydrogen) atoms. The molecule has 6 nitrogen and oxygen atoms in total. The molecule has 0 atom stereocenters. The van der Waals surface area contributed by atoms with E-state index in [1.165, 1.54) is 18.2 Å². The number of carbonyl (C=O) groups excluding carboxylic acids is 2. The van der Waals surface area contributed by atoms with E-state index in [9.17, 15) is 18.0 Å². The SMILES string of the molecule is Cc1ccc(C)c(C(=O)CCC(=O)Nc2cccc(S(N)(=O)=O)c2)c1. The quantitative estimate of drug-likeness (QED) is 0.772. The molecule has 132 valence electrons. The maximum atomic E-state index is 12.3. The molecule has 0 saturated carbocycles. The molecule has 0 unspecified atom stereocenters. The third kappa shape index (κ3) is 5.23. The van der Waals surface area contributed by atoms with E-state index in [0.717, 1.165) is 11.1 Å². The van der Waals surface area contributed by atoms with Gasteiger partial charge in [0.25, 0.3) is 0 Å². The van der Waals surface area contributed by atoms with Gasteiger partial charge in [-0.2, -0.15) is 0 Å². The Morgan fingerprint density at radius 1 is 1.04 bits per heavy atom. The molecule has 0 heterocycles. The smallest absolute Gasteiger partial charge is 0.238 e. The van der Waals surface area contributed by atoms with Crippen molar-refractivity contribution in [1.29, 1.82) is 0 Å². The van der Waals surface area contributed by atoms with Crippen LogP contribution in [0.1, 0.15) is 34.3 Å². The molecule has 1 amide bonds. The second kappa shape index (κ2) is 7.58. The summed E-state index contributed by atoms with van der Waals surface area (Å²) in [6.45, 7) is 3.76. The largest absolute Gasteiger partial charge is 0.326 e. The summed E-state index contributed by atoms with van der Waals surface area (Å²) < 4.78 is 22.6. The summed E-state index contributed by atoms with van der Waals surface area (Å²) in [5.74, 6) is -0.472. The van der Waals surface area contributed by atoms with Crippen LogP contribution in [-0.4, -0.2) is 20.1 Å². The predicted octanol–water partition coefficient (Wildman–Crippen LogP) is 2.55. The molecule has 0 fully saturated rings. The topological polar surface area (TPSA) is 106 Å². The number of hydrogen-bond donors (Lipinski definition) is 2. The second-order valence-corrected chi connectivity index (χ2v) is 7.42. The van der Waals surface area contributed by atoms with E-state index in [1.54, 1.807) is 6.07 Å². The van der Waals surface area contributed by atoms with Gasteiger partial charge in [0.1, 0.15) is 0 Å². The lowest BCUT2D eigenvalue weighted by atomic mass is 9.99. The number of benzene rings is 2. The zero-order valence-electron chi connectivity index (χ0n) is 14.1. The highest BCUT2D eigenvalue weighted by atomic mass is 32.2. The number of nitrogens with two attached hydrogens (primary N) is 1. The number of aryl methyl sites for hydroxylation is 2. The molecule has 0 radical (unpaired) electrons. The van der Waals surface area contributed by atoms with E-state index in [0.29, 0.717) is 11.3 Å². The van der Waals surface area contributed by atoms with E-state index >= 15 is 0 Å². The molecule has 0 aliphatic rings. The Morgan fingerprint density at radius 2 is 1.76 bits per heavy atom. The molecular weight excluding hydrogens is 340 g/mol. The lowest BCUT2D eigenvalue weighted by Gasteiger charge is -2.08. The van der Waals surface area contributed by atoms with Crippen LogP contribution in [0, 0.1) is 13.8 Å². The zero-order chi connectivity index (χ0) is 18.6. The van der Waals surface area contributed by atoms with Gasteiger partial charge in [-0.3, -0.25) is 9.59 Å². The number of primary sulfonamides is 1. The van der Waals surface area contributed by atoms with Crippen LogP contribution >= 0.6 is 0 Å². The summed E-state index contributed by atoms with van der Waals surface area (Å²) in [7, 11) is -3.84. The average Bonchev–Trinajstić information content (AvgIpc) is 2.54. The van der Waals surface area contributed by atoms with Gasteiger partial charge in [0.05, 0.1) is 4.90 Å². The molecule has 2 aromatic rings. The van der Waals surface area contributed by atoms with Crippen LogP contribution in [0.15, 0.2) is 47.4 Å². The van der Waals surface area contributed by atoms with E-state index in [4.69, 9.17) is 5.14 Å². The maximum Gasteiger partial charge on any atom is 0.238 e. The van der Waals surface area contributed by atoms with Crippen molar-refractivity contribution in [2.24, 2.45) is 5.14 Å².